The fourth-order valence-corrected chi connectivity index (χ4v) is 5.46. The number of ether oxygens (including phenoxy) is 2. The van der Waals surface area contributed by atoms with Crippen LogP contribution in [0.5, 0.6) is 0 Å². The van der Waals surface area contributed by atoms with Crippen molar-refractivity contribution in [3.8, 4) is 0 Å². The Kier molecular flexibility index (Phi) is 11.8. The third kappa shape index (κ3) is 7.95. The first-order chi connectivity index (χ1) is 19.3. The van der Waals surface area contributed by atoms with Gasteiger partial charge in [-0.15, -0.1) is 11.8 Å². The van der Waals surface area contributed by atoms with Gasteiger partial charge in [0.15, 0.2) is 0 Å². The number of carbonyl (C=O) groups is 2. The molecule has 1 aliphatic heterocycles. The lowest BCUT2D eigenvalue weighted by molar-refractivity contribution is -0.384. The lowest BCUT2D eigenvalue weighted by Gasteiger charge is -2.31. The van der Waals surface area contributed by atoms with Gasteiger partial charge in [0, 0.05) is 40.8 Å². The molecular weight excluding hydrogens is 532 g/mol. The Morgan fingerprint density at radius 2 is 1.82 bits per heavy atom. The van der Waals surface area contributed by atoms with E-state index in [1.165, 1.54) is 30.9 Å². The van der Waals surface area contributed by atoms with Gasteiger partial charge in [-0.2, -0.15) is 0 Å². The molecule has 3 rings (SSSR count). The number of unbranched alkanes of at least 4 members (excludes halogenated alkanes) is 1. The molecule has 1 atom stereocenters. The molecule has 10 heteroatoms. The van der Waals surface area contributed by atoms with E-state index in [1.807, 2.05) is 6.92 Å². The Balaban J connectivity index is 1.71. The summed E-state index contributed by atoms with van der Waals surface area (Å²) in [5.41, 5.74) is 3.11. The molecule has 1 aliphatic rings. The van der Waals surface area contributed by atoms with Gasteiger partial charge < -0.3 is 19.9 Å². The minimum atomic E-state index is -0.874. The summed E-state index contributed by atoms with van der Waals surface area (Å²) in [5.74, 6) is -1.33. The predicted molar refractivity (Wildman–Crippen MR) is 154 cm³/mol. The number of nitrogens with one attached hydrogen (secondary N) is 1. The first-order valence-electron chi connectivity index (χ1n) is 13.3. The summed E-state index contributed by atoms with van der Waals surface area (Å²) in [7, 11) is 1.26. The number of methoxy groups -OCH3 is 1. The lowest BCUT2D eigenvalue weighted by atomic mass is 9.79. The van der Waals surface area contributed by atoms with Crippen LogP contribution in [0.25, 0.3) is 0 Å². The van der Waals surface area contributed by atoms with Crippen molar-refractivity contribution in [2.75, 3.05) is 26.1 Å². The summed E-state index contributed by atoms with van der Waals surface area (Å²) in [4.78, 5) is 38.4. The summed E-state index contributed by atoms with van der Waals surface area (Å²) in [5, 5.41) is 23.5. The second-order valence-electron chi connectivity index (χ2n) is 9.35. The third-order valence-corrected chi connectivity index (χ3v) is 7.72. The van der Waals surface area contributed by atoms with Crippen LogP contribution in [-0.2, 0) is 25.5 Å². The molecule has 1 unspecified atom stereocenters. The maximum Gasteiger partial charge on any atom is 0.336 e. The monoisotopic (exact) mass is 568 g/mol. The average Bonchev–Trinajstić information content (AvgIpc) is 2.96. The Bertz CT molecular complexity index is 1270. The summed E-state index contributed by atoms with van der Waals surface area (Å²) in [6.07, 6.45) is 3.78. The van der Waals surface area contributed by atoms with Crippen LogP contribution in [0.4, 0.5) is 5.69 Å². The van der Waals surface area contributed by atoms with Gasteiger partial charge >= 0.3 is 11.9 Å². The number of hydrogen-bond donors (Lipinski definition) is 2. The number of benzene rings is 2. The van der Waals surface area contributed by atoms with Crippen molar-refractivity contribution in [1.82, 2.24) is 5.32 Å². The average molecular weight is 569 g/mol. The molecule has 0 spiro atoms. The molecule has 0 bridgehead atoms. The van der Waals surface area contributed by atoms with E-state index in [1.54, 1.807) is 24.8 Å². The number of thioether (sulfide) groups is 1. The van der Waals surface area contributed by atoms with Crippen LogP contribution < -0.4 is 5.32 Å². The van der Waals surface area contributed by atoms with Crippen molar-refractivity contribution in [1.29, 1.82) is 0 Å². The molecule has 0 aliphatic carbocycles. The largest absolute Gasteiger partial charge is 0.466 e. The van der Waals surface area contributed by atoms with Crippen LogP contribution >= 0.6 is 11.8 Å². The smallest absolute Gasteiger partial charge is 0.336 e. The molecule has 0 radical (unpaired) electrons. The molecule has 0 aromatic heterocycles. The number of carbonyl (C=O) groups excluding carboxylic acids is 2. The Morgan fingerprint density at radius 1 is 1.07 bits per heavy atom. The molecule has 0 saturated carbocycles. The fraction of sp³-hybridized carbons (Fsp3) is 0.400. The van der Waals surface area contributed by atoms with Crippen LogP contribution in [0.1, 0.15) is 56.6 Å². The van der Waals surface area contributed by atoms with Crippen molar-refractivity contribution >= 4 is 29.4 Å². The highest BCUT2D eigenvalue weighted by molar-refractivity contribution is 7.99. The number of nitrogens with zero attached hydrogens (tertiary/aromatic N) is 1. The number of aliphatic hydroxyl groups excluding tert-OH is 1. The van der Waals surface area contributed by atoms with Gasteiger partial charge in [0.25, 0.3) is 5.69 Å². The van der Waals surface area contributed by atoms with Gasteiger partial charge in [0.2, 0.25) is 0 Å². The number of non-ortho nitro benzene ring substituents is 1. The van der Waals surface area contributed by atoms with Crippen molar-refractivity contribution in [2.45, 2.75) is 56.8 Å². The Labute approximate surface area is 238 Å². The SMILES string of the molecule is CCC1=C(C(=O)OCCCSc2ccc(CCCCO)cc2)C(c2cccc([N+](=O)[O-])c2)C(C(=O)OC)=C(C)N1. The number of esters is 2. The maximum absolute atomic E-state index is 13.5. The van der Waals surface area contributed by atoms with Crippen LogP contribution in [0.2, 0.25) is 0 Å². The third-order valence-electron chi connectivity index (χ3n) is 6.63. The van der Waals surface area contributed by atoms with E-state index in [0.717, 1.165) is 29.9 Å². The number of allylic oxidation sites excluding steroid dienone is 2. The normalized spacial score (nSPS) is 15.1. The molecule has 9 nitrogen and oxygen atoms in total. The van der Waals surface area contributed by atoms with E-state index in [-0.39, 0.29) is 30.0 Å². The van der Waals surface area contributed by atoms with Crippen LogP contribution in [0, 0.1) is 10.1 Å². The number of hydrogen-bond acceptors (Lipinski definition) is 9. The molecule has 0 saturated heterocycles. The van der Waals surface area contributed by atoms with Crippen molar-refractivity contribution in [3.63, 3.8) is 0 Å². The number of nitro groups is 1. The first kappa shape index (κ1) is 30.9. The fourth-order valence-electron chi connectivity index (χ4n) is 4.63. The van der Waals surface area contributed by atoms with Gasteiger partial charge in [-0.1, -0.05) is 31.2 Å². The van der Waals surface area contributed by atoms with E-state index in [0.29, 0.717) is 29.8 Å². The molecule has 0 amide bonds. The highest BCUT2D eigenvalue weighted by Gasteiger charge is 2.38. The van der Waals surface area contributed by atoms with Crippen molar-refractivity contribution < 1.29 is 29.1 Å². The molecule has 2 aromatic carbocycles. The molecule has 1 heterocycles. The van der Waals surface area contributed by atoms with Gasteiger partial charge in [-0.3, -0.25) is 10.1 Å². The van der Waals surface area contributed by atoms with Crippen LogP contribution in [0.15, 0.2) is 76.0 Å². The van der Waals surface area contributed by atoms with E-state index in [9.17, 15) is 19.7 Å². The summed E-state index contributed by atoms with van der Waals surface area (Å²) in [6.45, 7) is 3.99. The molecule has 2 aromatic rings. The first-order valence-corrected chi connectivity index (χ1v) is 14.3. The quantitative estimate of drug-likeness (QED) is 0.101. The molecular formula is C30H36N2O7S. The number of rotatable bonds is 14. The van der Waals surface area contributed by atoms with Gasteiger partial charge in [0.05, 0.1) is 35.7 Å². The minimum Gasteiger partial charge on any atom is -0.466 e. The van der Waals surface area contributed by atoms with E-state index < -0.39 is 22.8 Å². The zero-order valence-corrected chi connectivity index (χ0v) is 23.9. The summed E-state index contributed by atoms with van der Waals surface area (Å²) < 4.78 is 10.7. The number of aliphatic hydroxyl groups is 1. The Hall–Kier alpha value is -3.63. The zero-order chi connectivity index (χ0) is 29.1. The highest BCUT2D eigenvalue weighted by atomic mass is 32.2. The van der Waals surface area contributed by atoms with Gasteiger partial charge in [-0.25, -0.2) is 9.59 Å². The maximum atomic E-state index is 13.5. The Morgan fingerprint density at radius 3 is 2.48 bits per heavy atom. The molecule has 2 N–H and O–H groups in total. The van der Waals surface area contributed by atoms with Crippen molar-refractivity contribution in [3.05, 3.63) is 92.3 Å². The van der Waals surface area contributed by atoms with E-state index in [2.05, 4.69) is 29.6 Å². The highest BCUT2D eigenvalue weighted by Crippen LogP contribution is 2.40. The lowest BCUT2D eigenvalue weighted by Crippen LogP contribution is -2.33. The van der Waals surface area contributed by atoms with Crippen LogP contribution in [0.3, 0.4) is 0 Å². The summed E-state index contributed by atoms with van der Waals surface area (Å²) >= 11 is 1.67. The van der Waals surface area contributed by atoms with Crippen LogP contribution in [-0.4, -0.2) is 48.0 Å². The topological polar surface area (TPSA) is 128 Å². The van der Waals surface area contributed by atoms with E-state index >= 15 is 0 Å². The second kappa shape index (κ2) is 15.2. The van der Waals surface area contributed by atoms with E-state index in [4.69, 9.17) is 14.6 Å². The number of dihydropyridines is 1. The molecule has 214 valence electrons. The zero-order valence-electron chi connectivity index (χ0n) is 23.1. The number of nitro benzene ring substituents is 1. The molecule has 0 fully saturated rings. The summed E-state index contributed by atoms with van der Waals surface area (Å²) in [6, 6.07) is 14.3. The standard InChI is InChI=1S/C30H36N2O7S/c1-4-25-28(30(35)39-17-8-18-40-24-14-12-21(13-15-24)9-5-6-16-33)27(26(20(2)31-25)29(34)38-3)22-10-7-11-23(19-22)32(36)37/h7,10-15,19,27,31,33H,4-6,8-9,16-18H2,1-3H3. The van der Waals surface area contributed by atoms with Crippen molar-refractivity contribution in [2.24, 2.45) is 0 Å². The van der Waals surface area contributed by atoms with Gasteiger partial charge in [-0.05, 0) is 62.3 Å². The minimum absolute atomic E-state index is 0.140. The second-order valence-corrected chi connectivity index (χ2v) is 10.5. The molecule has 40 heavy (non-hydrogen) atoms. The predicted octanol–water partition coefficient (Wildman–Crippen LogP) is 5.43. The van der Waals surface area contributed by atoms with Gasteiger partial charge in [0.1, 0.15) is 0 Å². The number of aryl methyl sites for hydroxylation is 1.